The number of halogens is 1. The fraction of sp³-hybridized carbons (Fsp3) is 0.364. The number of rotatable bonds is 4. The Kier molecular flexibility index (Phi) is 3.78. The summed E-state index contributed by atoms with van der Waals surface area (Å²) in [7, 11) is 0. The van der Waals surface area contributed by atoms with Crippen LogP contribution < -0.4 is 5.73 Å². The Morgan fingerprint density at radius 2 is 2.44 bits per heavy atom. The van der Waals surface area contributed by atoms with Gasteiger partial charge in [-0.1, -0.05) is 0 Å². The molecule has 1 atom stereocenters. The fourth-order valence-electron chi connectivity index (χ4n) is 1.56. The lowest BCUT2D eigenvalue weighted by atomic mass is 10.1. The molecular weight excluding hydrogens is 286 g/mol. The first kappa shape index (κ1) is 11.8. The molecule has 0 spiro atoms. The van der Waals surface area contributed by atoms with Crippen molar-refractivity contribution in [2.24, 2.45) is 5.73 Å². The quantitative estimate of drug-likeness (QED) is 0.943. The maximum atomic E-state index is 6.14. The van der Waals surface area contributed by atoms with E-state index in [9.17, 15) is 0 Å². The van der Waals surface area contributed by atoms with E-state index in [0.717, 1.165) is 17.4 Å². The van der Waals surface area contributed by atoms with Gasteiger partial charge < -0.3 is 5.73 Å². The lowest BCUT2D eigenvalue weighted by Gasteiger charge is -2.06. The van der Waals surface area contributed by atoms with Crippen LogP contribution in [0.5, 0.6) is 0 Å². The molecule has 2 rings (SSSR count). The topological polar surface area (TPSA) is 43.8 Å². The largest absolute Gasteiger partial charge is 0.323 e. The van der Waals surface area contributed by atoms with Crippen LogP contribution in [0, 0.1) is 0 Å². The smallest absolute Gasteiger partial charge is 0.0522 e. The van der Waals surface area contributed by atoms with E-state index in [2.05, 4.69) is 45.6 Å². The van der Waals surface area contributed by atoms with Crippen molar-refractivity contribution in [1.29, 1.82) is 0 Å². The van der Waals surface area contributed by atoms with Gasteiger partial charge in [-0.05, 0) is 40.9 Å². The third-order valence-corrected chi connectivity index (χ3v) is 4.24. The first-order valence-corrected chi connectivity index (χ1v) is 6.87. The number of thiophene rings is 1. The summed E-state index contributed by atoms with van der Waals surface area (Å²) in [6, 6.07) is 2.14. The van der Waals surface area contributed by atoms with E-state index in [0.29, 0.717) is 0 Å². The highest BCUT2D eigenvalue weighted by Crippen LogP contribution is 2.26. The number of hydrogen-bond donors (Lipinski definition) is 1. The van der Waals surface area contributed by atoms with Gasteiger partial charge in [-0.2, -0.15) is 5.10 Å². The zero-order valence-corrected chi connectivity index (χ0v) is 11.5. The molecule has 2 aromatic rings. The van der Waals surface area contributed by atoms with E-state index >= 15 is 0 Å². The highest BCUT2D eigenvalue weighted by atomic mass is 79.9. The van der Waals surface area contributed by atoms with Gasteiger partial charge in [0, 0.05) is 33.5 Å². The lowest BCUT2D eigenvalue weighted by molar-refractivity contribution is 0.657. The molecule has 86 valence electrons. The van der Waals surface area contributed by atoms with E-state index in [4.69, 9.17) is 5.73 Å². The SMILES string of the molecule is CCn1cc(CC(N)c2cc(Br)cs2)cn1. The lowest BCUT2D eigenvalue weighted by Crippen LogP contribution is -2.11. The predicted octanol–water partition coefficient (Wildman–Crippen LogP) is 2.97. The Labute approximate surface area is 107 Å². The maximum absolute atomic E-state index is 6.14. The first-order chi connectivity index (χ1) is 7.69. The van der Waals surface area contributed by atoms with Crippen LogP contribution in [0.3, 0.4) is 0 Å². The molecule has 0 radical (unpaired) electrons. The second-order valence-corrected chi connectivity index (χ2v) is 5.54. The molecule has 0 bridgehead atoms. The van der Waals surface area contributed by atoms with E-state index in [-0.39, 0.29) is 6.04 Å². The minimum absolute atomic E-state index is 0.0609. The maximum Gasteiger partial charge on any atom is 0.0522 e. The zero-order valence-electron chi connectivity index (χ0n) is 9.06. The van der Waals surface area contributed by atoms with Gasteiger partial charge in [0.25, 0.3) is 0 Å². The summed E-state index contributed by atoms with van der Waals surface area (Å²) in [6.45, 7) is 2.98. The molecule has 0 fully saturated rings. The Balaban J connectivity index is 2.04. The predicted molar refractivity (Wildman–Crippen MR) is 70.6 cm³/mol. The first-order valence-electron chi connectivity index (χ1n) is 5.20. The van der Waals surface area contributed by atoms with Crippen molar-refractivity contribution in [1.82, 2.24) is 9.78 Å². The summed E-state index contributed by atoms with van der Waals surface area (Å²) < 4.78 is 3.03. The summed E-state index contributed by atoms with van der Waals surface area (Å²) in [6.07, 6.45) is 4.79. The van der Waals surface area contributed by atoms with Crippen molar-refractivity contribution in [3.05, 3.63) is 38.8 Å². The molecule has 0 saturated heterocycles. The molecule has 1 unspecified atom stereocenters. The van der Waals surface area contributed by atoms with Crippen molar-refractivity contribution in [2.75, 3.05) is 0 Å². The van der Waals surface area contributed by atoms with Crippen molar-refractivity contribution in [2.45, 2.75) is 25.9 Å². The van der Waals surface area contributed by atoms with Crippen molar-refractivity contribution >= 4 is 27.3 Å². The number of aryl methyl sites for hydroxylation is 1. The van der Waals surface area contributed by atoms with Crippen molar-refractivity contribution in [3.63, 3.8) is 0 Å². The van der Waals surface area contributed by atoms with Gasteiger partial charge in [0.1, 0.15) is 0 Å². The van der Waals surface area contributed by atoms with Crippen LogP contribution in [0.2, 0.25) is 0 Å². The van der Waals surface area contributed by atoms with Gasteiger partial charge >= 0.3 is 0 Å². The number of hydrogen-bond acceptors (Lipinski definition) is 3. The summed E-state index contributed by atoms with van der Waals surface area (Å²) in [5.41, 5.74) is 7.34. The molecule has 2 aromatic heterocycles. The Hall–Kier alpha value is -0.650. The second kappa shape index (κ2) is 5.12. The van der Waals surface area contributed by atoms with Gasteiger partial charge in [-0.25, -0.2) is 0 Å². The van der Waals surface area contributed by atoms with Crippen molar-refractivity contribution in [3.8, 4) is 0 Å². The van der Waals surface area contributed by atoms with E-state index in [1.54, 1.807) is 11.3 Å². The Morgan fingerprint density at radius 1 is 1.62 bits per heavy atom. The van der Waals surface area contributed by atoms with Crippen molar-refractivity contribution < 1.29 is 0 Å². The van der Waals surface area contributed by atoms with Crippen LogP contribution in [-0.4, -0.2) is 9.78 Å². The molecule has 0 aliphatic rings. The van der Waals surface area contributed by atoms with E-state index < -0.39 is 0 Å². The summed E-state index contributed by atoms with van der Waals surface area (Å²) >= 11 is 5.13. The molecule has 0 aromatic carbocycles. The summed E-state index contributed by atoms with van der Waals surface area (Å²) in [5, 5.41) is 6.30. The zero-order chi connectivity index (χ0) is 11.5. The van der Waals surface area contributed by atoms with Gasteiger partial charge in [0.05, 0.1) is 6.20 Å². The highest BCUT2D eigenvalue weighted by molar-refractivity contribution is 9.10. The number of nitrogens with two attached hydrogens (primary N) is 1. The second-order valence-electron chi connectivity index (χ2n) is 3.68. The van der Waals surface area contributed by atoms with Crippen LogP contribution in [-0.2, 0) is 13.0 Å². The van der Waals surface area contributed by atoms with Crippen LogP contribution in [0.4, 0.5) is 0 Å². The summed E-state index contributed by atoms with van der Waals surface area (Å²) in [5.74, 6) is 0. The third-order valence-electron chi connectivity index (χ3n) is 2.42. The van der Waals surface area contributed by atoms with E-state index in [1.165, 1.54) is 10.4 Å². The molecule has 0 amide bonds. The van der Waals surface area contributed by atoms with Crippen LogP contribution in [0.25, 0.3) is 0 Å². The minimum Gasteiger partial charge on any atom is -0.323 e. The molecule has 0 saturated carbocycles. The molecular formula is C11H14BrN3S. The molecule has 0 aliphatic carbocycles. The normalized spacial score (nSPS) is 12.9. The van der Waals surface area contributed by atoms with Crippen LogP contribution >= 0.6 is 27.3 Å². The Morgan fingerprint density at radius 3 is 3.00 bits per heavy atom. The van der Waals surface area contributed by atoms with Gasteiger partial charge in [-0.3, -0.25) is 4.68 Å². The van der Waals surface area contributed by atoms with Gasteiger partial charge in [0.15, 0.2) is 0 Å². The monoisotopic (exact) mass is 299 g/mol. The average Bonchev–Trinajstić information content (AvgIpc) is 2.87. The minimum atomic E-state index is 0.0609. The molecule has 16 heavy (non-hydrogen) atoms. The average molecular weight is 300 g/mol. The van der Waals surface area contributed by atoms with E-state index in [1.807, 2.05) is 10.9 Å². The highest BCUT2D eigenvalue weighted by Gasteiger charge is 2.10. The van der Waals surface area contributed by atoms with Crippen LogP contribution in [0.1, 0.15) is 23.4 Å². The molecule has 5 heteroatoms. The van der Waals surface area contributed by atoms with Gasteiger partial charge in [0.2, 0.25) is 0 Å². The fourth-order valence-corrected chi connectivity index (χ4v) is 3.01. The Bertz CT molecular complexity index is 463. The molecule has 2 heterocycles. The molecule has 2 N–H and O–H groups in total. The standard InChI is InChI=1S/C11H14BrN3S/c1-2-15-6-8(5-14-15)3-10(13)11-4-9(12)7-16-11/h4-7,10H,2-3,13H2,1H3. The number of aromatic nitrogens is 2. The van der Waals surface area contributed by atoms with Crippen LogP contribution in [0.15, 0.2) is 28.3 Å². The summed E-state index contributed by atoms with van der Waals surface area (Å²) in [4.78, 5) is 1.20. The third kappa shape index (κ3) is 2.72. The van der Waals surface area contributed by atoms with Gasteiger partial charge in [-0.15, -0.1) is 11.3 Å². The molecule has 0 aliphatic heterocycles. The molecule has 3 nitrogen and oxygen atoms in total. The number of nitrogens with zero attached hydrogens (tertiary/aromatic N) is 2.